The molecule has 19 heavy (non-hydrogen) atoms. The fraction of sp³-hybridized carbons (Fsp3) is 0.375. The molecule has 0 bridgehead atoms. The summed E-state index contributed by atoms with van der Waals surface area (Å²) >= 11 is 0. The van der Waals surface area contributed by atoms with E-state index in [4.69, 9.17) is 0 Å². The summed E-state index contributed by atoms with van der Waals surface area (Å²) in [6.45, 7) is 1.87. The first kappa shape index (κ1) is 12.2. The van der Waals surface area contributed by atoms with E-state index in [9.17, 15) is 9.90 Å². The number of carboxylic acids is 1. The number of nitrogens with zero attached hydrogens (tertiary/aromatic N) is 1. The lowest BCUT2D eigenvalue weighted by molar-refractivity contribution is -0.149. The molecular weight excluding hydrogens is 238 g/mol. The van der Waals surface area contributed by atoms with Crippen LogP contribution in [0.2, 0.25) is 0 Å². The second-order valence-corrected chi connectivity index (χ2v) is 5.67. The number of fused-ring (bicyclic) bond motifs is 1. The van der Waals surface area contributed by atoms with Crippen molar-refractivity contribution in [1.29, 1.82) is 0 Å². The van der Waals surface area contributed by atoms with Gasteiger partial charge in [0.1, 0.15) is 0 Å². The van der Waals surface area contributed by atoms with Crippen LogP contribution < -0.4 is 0 Å². The molecule has 1 N–H and O–H groups in total. The van der Waals surface area contributed by atoms with Gasteiger partial charge in [-0.3, -0.25) is 9.78 Å². The van der Waals surface area contributed by atoms with Gasteiger partial charge in [0.25, 0.3) is 0 Å². The van der Waals surface area contributed by atoms with Crippen molar-refractivity contribution in [2.75, 3.05) is 0 Å². The van der Waals surface area contributed by atoms with Crippen molar-refractivity contribution in [3.63, 3.8) is 0 Å². The highest BCUT2D eigenvalue weighted by atomic mass is 16.4. The molecule has 0 radical (unpaired) electrons. The van der Waals surface area contributed by atoms with Gasteiger partial charge in [-0.2, -0.15) is 0 Å². The predicted octanol–water partition coefficient (Wildman–Crippen LogP) is 3.28. The molecular formula is C16H17NO2. The van der Waals surface area contributed by atoms with Gasteiger partial charge in [-0.05, 0) is 43.7 Å². The monoisotopic (exact) mass is 255 g/mol. The van der Waals surface area contributed by atoms with Gasteiger partial charge < -0.3 is 5.11 Å². The lowest BCUT2D eigenvalue weighted by Crippen LogP contribution is -2.32. The van der Waals surface area contributed by atoms with E-state index in [1.54, 1.807) is 6.20 Å². The molecule has 1 aliphatic rings. The van der Waals surface area contributed by atoms with Crippen LogP contribution in [0.15, 0.2) is 36.5 Å². The number of aromatic nitrogens is 1. The highest BCUT2D eigenvalue weighted by Crippen LogP contribution is 2.48. The first-order valence-corrected chi connectivity index (χ1v) is 6.67. The SMILES string of the molecule is CC(Cc1cccc2cccnc12)(C(=O)O)C1CC1. The molecule has 1 aromatic heterocycles. The van der Waals surface area contributed by atoms with Crippen LogP contribution in [0.5, 0.6) is 0 Å². The zero-order valence-corrected chi connectivity index (χ0v) is 11.0. The van der Waals surface area contributed by atoms with Gasteiger partial charge in [0.2, 0.25) is 0 Å². The summed E-state index contributed by atoms with van der Waals surface area (Å²) in [5, 5.41) is 10.6. The summed E-state index contributed by atoms with van der Waals surface area (Å²) in [4.78, 5) is 16.0. The van der Waals surface area contributed by atoms with Crippen molar-refractivity contribution in [3.05, 3.63) is 42.1 Å². The van der Waals surface area contributed by atoms with Crippen LogP contribution in [0.25, 0.3) is 10.9 Å². The number of aliphatic carboxylic acids is 1. The third-order valence-corrected chi connectivity index (χ3v) is 4.24. The molecule has 0 aliphatic heterocycles. The van der Waals surface area contributed by atoms with Crippen LogP contribution >= 0.6 is 0 Å². The lowest BCUT2D eigenvalue weighted by Gasteiger charge is -2.25. The molecule has 1 saturated carbocycles. The van der Waals surface area contributed by atoms with E-state index in [0.29, 0.717) is 12.3 Å². The maximum Gasteiger partial charge on any atom is 0.309 e. The van der Waals surface area contributed by atoms with Crippen LogP contribution in [0.4, 0.5) is 0 Å². The number of carbonyl (C=O) groups is 1. The maximum absolute atomic E-state index is 11.6. The molecule has 2 aromatic rings. The first-order valence-electron chi connectivity index (χ1n) is 6.67. The molecule has 98 valence electrons. The zero-order valence-electron chi connectivity index (χ0n) is 11.0. The van der Waals surface area contributed by atoms with Crippen molar-refractivity contribution in [2.45, 2.75) is 26.2 Å². The quantitative estimate of drug-likeness (QED) is 0.912. The molecule has 1 heterocycles. The molecule has 3 nitrogen and oxygen atoms in total. The van der Waals surface area contributed by atoms with Gasteiger partial charge in [0.05, 0.1) is 10.9 Å². The Hall–Kier alpha value is -1.90. The minimum absolute atomic E-state index is 0.309. The molecule has 1 unspecified atom stereocenters. The van der Waals surface area contributed by atoms with Crippen LogP contribution in [-0.4, -0.2) is 16.1 Å². The fourth-order valence-electron chi connectivity index (χ4n) is 2.82. The number of benzene rings is 1. The molecule has 0 amide bonds. The predicted molar refractivity (Wildman–Crippen MR) is 73.9 cm³/mol. The van der Waals surface area contributed by atoms with E-state index in [0.717, 1.165) is 29.3 Å². The molecule has 3 heteroatoms. The molecule has 1 aromatic carbocycles. The molecule has 1 atom stereocenters. The highest BCUT2D eigenvalue weighted by Gasteiger charge is 2.47. The second-order valence-electron chi connectivity index (χ2n) is 5.67. The van der Waals surface area contributed by atoms with Gasteiger partial charge in [0, 0.05) is 11.6 Å². The number of rotatable bonds is 4. The smallest absolute Gasteiger partial charge is 0.309 e. The molecule has 0 saturated heterocycles. The Morgan fingerprint density at radius 2 is 2.11 bits per heavy atom. The Balaban J connectivity index is 2.03. The summed E-state index contributed by atoms with van der Waals surface area (Å²) in [6, 6.07) is 9.92. The van der Waals surface area contributed by atoms with Crippen molar-refractivity contribution >= 4 is 16.9 Å². The summed E-state index contributed by atoms with van der Waals surface area (Å²) < 4.78 is 0. The van der Waals surface area contributed by atoms with E-state index in [1.165, 1.54) is 0 Å². The number of hydrogen-bond acceptors (Lipinski definition) is 2. The molecule has 1 fully saturated rings. The van der Waals surface area contributed by atoms with Crippen LogP contribution in [0.1, 0.15) is 25.3 Å². The Morgan fingerprint density at radius 3 is 2.79 bits per heavy atom. The van der Waals surface area contributed by atoms with E-state index >= 15 is 0 Å². The number of pyridine rings is 1. The van der Waals surface area contributed by atoms with Gasteiger partial charge in [-0.25, -0.2) is 0 Å². The topological polar surface area (TPSA) is 50.2 Å². The van der Waals surface area contributed by atoms with Gasteiger partial charge in [-0.1, -0.05) is 24.3 Å². The van der Waals surface area contributed by atoms with Gasteiger partial charge in [-0.15, -0.1) is 0 Å². The van der Waals surface area contributed by atoms with Gasteiger partial charge in [0.15, 0.2) is 0 Å². The Bertz CT molecular complexity index is 628. The van der Waals surface area contributed by atoms with E-state index in [2.05, 4.69) is 4.98 Å². The Morgan fingerprint density at radius 1 is 1.37 bits per heavy atom. The standard InChI is InChI=1S/C16H17NO2/c1-16(15(18)19,13-7-8-13)10-12-5-2-4-11-6-3-9-17-14(11)12/h2-6,9,13H,7-8,10H2,1H3,(H,18,19). The Kier molecular flexibility index (Phi) is 2.77. The van der Waals surface area contributed by atoms with Crippen LogP contribution in [-0.2, 0) is 11.2 Å². The minimum Gasteiger partial charge on any atom is -0.481 e. The molecule has 3 rings (SSSR count). The third-order valence-electron chi connectivity index (χ3n) is 4.24. The number of para-hydroxylation sites is 1. The van der Waals surface area contributed by atoms with Crippen LogP contribution in [0.3, 0.4) is 0 Å². The largest absolute Gasteiger partial charge is 0.481 e. The Labute approximate surface area is 112 Å². The van der Waals surface area contributed by atoms with E-state index < -0.39 is 11.4 Å². The summed E-state index contributed by atoms with van der Waals surface area (Å²) in [5.41, 5.74) is 1.30. The average Bonchev–Trinajstić information content (AvgIpc) is 3.23. The van der Waals surface area contributed by atoms with E-state index in [1.807, 2.05) is 37.3 Å². The van der Waals surface area contributed by atoms with Gasteiger partial charge >= 0.3 is 5.97 Å². The summed E-state index contributed by atoms with van der Waals surface area (Å²) in [5.74, 6) is -0.382. The maximum atomic E-state index is 11.6. The average molecular weight is 255 g/mol. The first-order chi connectivity index (χ1) is 9.11. The number of carboxylic acid groups (broad SMARTS) is 1. The van der Waals surface area contributed by atoms with Crippen molar-refractivity contribution in [2.24, 2.45) is 11.3 Å². The molecule has 1 aliphatic carbocycles. The highest BCUT2D eigenvalue weighted by molar-refractivity contribution is 5.83. The zero-order chi connectivity index (χ0) is 13.5. The van der Waals surface area contributed by atoms with E-state index in [-0.39, 0.29) is 0 Å². The minimum atomic E-state index is -0.692. The second kappa shape index (κ2) is 4.34. The molecule has 0 spiro atoms. The normalized spacial score (nSPS) is 18.2. The summed E-state index contributed by atoms with van der Waals surface area (Å²) in [7, 11) is 0. The van der Waals surface area contributed by atoms with Crippen molar-refractivity contribution in [3.8, 4) is 0 Å². The third kappa shape index (κ3) is 2.09. The van der Waals surface area contributed by atoms with Crippen molar-refractivity contribution in [1.82, 2.24) is 4.98 Å². The fourth-order valence-corrected chi connectivity index (χ4v) is 2.82. The number of hydrogen-bond donors (Lipinski definition) is 1. The summed E-state index contributed by atoms with van der Waals surface area (Å²) in [6.07, 6.45) is 4.38. The lowest BCUT2D eigenvalue weighted by atomic mass is 9.78. The van der Waals surface area contributed by atoms with Crippen LogP contribution in [0, 0.1) is 11.3 Å². The van der Waals surface area contributed by atoms with Crippen molar-refractivity contribution < 1.29 is 9.90 Å².